The third kappa shape index (κ3) is 4.26. The van der Waals surface area contributed by atoms with Gasteiger partial charge < -0.3 is 14.2 Å². The molecule has 0 unspecified atom stereocenters. The molecule has 0 aromatic heterocycles. The van der Waals surface area contributed by atoms with Gasteiger partial charge in [0.15, 0.2) is 0 Å². The quantitative estimate of drug-likeness (QED) is 0.346. The van der Waals surface area contributed by atoms with Crippen molar-refractivity contribution < 1.29 is 33.4 Å². The van der Waals surface area contributed by atoms with Gasteiger partial charge in [-0.15, -0.1) is 6.58 Å². The van der Waals surface area contributed by atoms with Crippen LogP contribution >= 0.6 is 0 Å². The van der Waals surface area contributed by atoms with Crippen molar-refractivity contribution in [1.29, 1.82) is 0 Å². The van der Waals surface area contributed by atoms with E-state index in [9.17, 15) is 19.2 Å². The van der Waals surface area contributed by atoms with Crippen LogP contribution in [-0.2, 0) is 33.4 Å². The lowest BCUT2D eigenvalue weighted by molar-refractivity contribution is -0.162. The molecule has 1 fully saturated rings. The van der Waals surface area contributed by atoms with E-state index in [1.54, 1.807) is 6.08 Å². The van der Waals surface area contributed by atoms with Crippen LogP contribution < -0.4 is 0 Å². The van der Waals surface area contributed by atoms with Gasteiger partial charge in [0, 0.05) is 43.6 Å². The normalized spacial score (nSPS) is 38.0. The maximum Gasteiger partial charge on any atom is 0.303 e. The van der Waals surface area contributed by atoms with Crippen LogP contribution in [0.1, 0.15) is 73.6 Å². The van der Waals surface area contributed by atoms with Crippen LogP contribution in [0.2, 0.25) is 0 Å². The van der Waals surface area contributed by atoms with E-state index in [2.05, 4.69) is 6.58 Å². The Bertz CT molecular complexity index is 918. The molecular weight excluding hydrogens is 424 g/mol. The Morgan fingerprint density at radius 3 is 2.18 bits per heavy atom. The van der Waals surface area contributed by atoms with E-state index >= 15 is 0 Å². The van der Waals surface area contributed by atoms with Crippen LogP contribution in [0.3, 0.4) is 0 Å². The molecule has 33 heavy (non-hydrogen) atoms. The molecule has 7 nitrogen and oxygen atoms in total. The third-order valence-electron chi connectivity index (χ3n) is 8.27. The fourth-order valence-corrected chi connectivity index (χ4v) is 6.39. The molecule has 3 rings (SSSR count). The lowest BCUT2D eigenvalue weighted by Gasteiger charge is -2.58. The summed E-state index contributed by atoms with van der Waals surface area (Å²) in [6, 6.07) is 0. The fraction of sp³-hybridized carbons (Fsp3) is 0.692. The SMILES string of the molecule is C=C[C@@]1(C)CCC2=C([C@H]1OC(C)=O)[C@H](OC(C)=O)C[C@H]1[C@](C)(COC(C)=O)CCC(=O)[C@]21C. The van der Waals surface area contributed by atoms with E-state index < -0.39 is 40.4 Å². The first-order valence-corrected chi connectivity index (χ1v) is 11.7. The van der Waals surface area contributed by atoms with Crippen LogP contribution in [0.5, 0.6) is 0 Å². The molecule has 7 heteroatoms. The standard InChI is InChI=1S/C26H36O7/c1-8-24(5)11-9-18-22(23(24)33-17(4)29)19(32-16(3)28)13-20-25(6,14-31-15(2)27)12-10-21(30)26(18,20)7/h8,19-20,23H,1,9-14H2,2-7H3/t19-,20+,23-,24+,25+,26-/m1/s1. The van der Waals surface area contributed by atoms with Gasteiger partial charge in [-0.3, -0.25) is 19.2 Å². The van der Waals surface area contributed by atoms with Gasteiger partial charge >= 0.3 is 17.9 Å². The average Bonchev–Trinajstić information content (AvgIpc) is 2.72. The van der Waals surface area contributed by atoms with Crippen molar-refractivity contribution in [1.82, 2.24) is 0 Å². The number of allylic oxidation sites excluding steroid dienone is 1. The molecule has 0 saturated heterocycles. The number of esters is 3. The molecule has 6 atom stereocenters. The second-order valence-electron chi connectivity index (χ2n) is 10.6. The summed E-state index contributed by atoms with van der Waals surface area (Å²) >= 11 is 0. The predicted molar refractivity (Wildman–Crippen MR) is 121 cm³/mol. The van der Waals surface area contributed by atoms with Crippen molar-refractivity contribution in [2.45, 2.75) is 85.9 Å². The highest BCUT2D eigenvalue weighted by Gasteiger charge is 2.62. The lowest BCUT2D eigenvalue weighted by Crippen LogP contribution is -2.59. The fourth-order valence-electron chi connectivity index (χ4n) is 6.39. The Morgan fingerprint density at radius 1 is 1.00 bits per heavy atom. The monoisotopic (exact) mass is 460 g/mol. The van der Waals surface area contributed by atoms with Gasteiger partial charge in [0.05, 0.1) is 12.0 Å². The lowest BCUT2D eigenvalue weighted by atomic mass is 9.46. The van der Waals surface area contributed by atoms with Gasteiger partial charge in [0.2, 0.25) is 0 Å². The number of Topliss-reactive ketones (excluding diaryl/α,β-unsaturated/α-hetero) is 1. The molecule has 182 valence electrons. The Kier molecular flexibility index (Phi) is 6.66. The average molecular weight is 461 g/mol. The van der Waals surface area contributed by atoms with Crippen molar-refractivity contribution in [2.75, 3.05) is 6.61 Å². The molecule has 0 N–H and O–H groups in total. The zero-order chi connectivity index (χ0) is 24.8. The molecule has 3 aliphatic rings. The molecule has 0 bridgehead atoms. The smallest absolute Gasteiger partial charge is 0.303 e. The minimum absolute atomic E-state index is 0.130. The van der Waals surface area contributed by atoms with Crippen molar-refractivity contribution >= 4 is 23.7 Å². The molecule has 0 aliphatic heterocycles. The maximum absolute atomic E-state index is 13.5. The van der Waals surface area contributed by atoms with Crippen LogP contribution in [-0.4, -0.2) is 42.5 Å². The van der Waals surface area contributed by atoms with Gasteiger partial charge in [-0.2, -0.15) is 0 Å². The molecule has 0 radical (unpaired) electrons. The minimum Gasteiger partial charge on any atom is -0.465 e. The first-order valence-electron chi connectivity index (χ1n) is 11.7. The summed E-state index contributed by atoms with van der Waals surface area (Å²) in [6.45, 7) is 14.2. The van der Waals surface area contributed by atoms with Crippen LogP contribution in [0.15, 0.2) is 23.8 Å². The largest absolute Gasteiger partial charge is 0.465 e. The first-order chi connectivity index (χ1) is 15.3. The van der Waals surface area contributed by atoms with Gasteiger partial charge in [0.25, 0.3) is 0 Å². The van der Waals surface area contributed by atoms with Crippen LogP contribution in [0, 0.1) is 22.2 Å². The Balaban J connectivity index is 2.22. The number of ketones is 1. The Hall–Kier alpha value is -2.44. The van der Waals surface area contributed by atoms with E-state index in [1.807, 2.05) is 20.8 Å². The second-order valence-corrected chi connectivity index (χ2v) is 10.6. The number of carbonyl (C=O) groups excluding carboxylic acids is 4. The molecule has 0 heterocycles. The summed E-state index contributed by atoms with van der Waals surface area (Å²) in [5.74, 6) is -1.31. The summed E-state index contributed by atoms with van der Waals surface area (Å²) in [5.41, 5.74) is -0.209. The number of fused-ring (bicyclic) bond motifs is 2. The molecule has 1 saturated carbocycles. The highest BCUT2D eigenvalue weighted by Crippen LogP contribution is 2.62. The predicted octanol–water partition coefficient (Wildman–Crippen LogP) is 4.09. The Morgan fingerprint density at radius 2 is 1.64 bits per heavy atom. The number of rotatable bonds is 5. The highest BCUT2D eigenvalue weighted by atomic mass is 16.6. The molecule has 0 aromatic carbocycles. The van der Waals surface area contributed by atoms with Crippen molar-refractivity contribution in [3.8, 4) is 0 Å². The molecule has 3 aliphatic carbocycles. The Labute approximate surface area is 195 Å². The van der Waals surface area contributed by atoms with E-state index in [4.69, 9.17) is 14.2 Å². The number of carbonyl (C=O) groups is 4. The zero-order valence-electron chi connectivity index (χ0n) is 20.6. The number of hydrogen-bond donors (Lipinski definition) is 0. The second kappa shape index (κ2) is 8.73. The van der Waals surface area contributed by atoms with Gasteiger partial charge in [-0.05, 0) is 44.1 Å². The van der Waals surface area contributed by atoms with E-state index in [1.165, 1.54) is 20.8 Å². The summed E-state index contributed by atoms with van der Waals surface area (Å²) in [6.07, 6.45) is 3.09. The first kappa shape index (κ1) is 25.2. The van der Waals surface area contributed by atoms with Crippen molar-refractivity contribution in [2.24, 2.45) is 22.2 Å². The van der Waals surface area contributed by atoms with Gasteiger partial charge in [0.1, 0.15) is 18.0 Å². The van der Waals surface area contributed by atoms with E-state index in [0.29, 0.717) is 32.1 Å². The summed E-state index contributed by atoms with van der Waals surface area (Å²) in [7, 11) is 0. The topological polar surface area (TPSA) is 96.0 Å². The molecule has 0 spiro atoms. The number of ether oxygens (including phenoxy) is 3. The highest BCUT2D eigenvalue weighted by molar-refractivity contribution is 5.90. The van der Waals surface area contributed by atoms with E-state index in [-0.39, 0.29) is 24.3 Å². The summed E-state index contributed by atoms with van der Waals surface area (Å²) in [4.78, 5) is 49.4. The van der Waals surface area contributed by atoms with Gasteiger partial charge in [-0.25, -0.2) is 0 Å². The van der Waals surface area contributed by atoms with Crippen LogP contribution in [0.4, 0.5) is 0 Å². The summed E-state index contributed by atoms with van der Waals surface area (Å²) in [5, 5.41) is 0. The van der Waals surface area contributed by atoms with Crippen molar-refractivity contribution in [3.63, 3.8) is 0 Å². The molecular formula is C26H36O7. The number of hydrogen-bond acceptors (Lipinski definition) is 7. The zero-order valence-corrected chi connectivity index (χ0v) is 20.6. The molecule has 0 amide bonds. The molecule has 0 aromatic rings. The third-order valence-corrected chi connectivity index (χ3v) is 8.27. The van der Waals surface area contributed by atoms with Crippen LogP contribution in [0.25, 0.3) is 0 Å². The van der Waals surface area contributed by atoms with E-state index in [0.717, 1.165) is 11.1 Å². The van der Waals surface area contributed by atoms with Crippen molar-refractivity contribution in [3.05, 3.63) is 23.8 Å². The van der Waals surface area contributed by atoms with Gasteiger partial charge in [-0.1, -0.05) is 19.9 Å². The maximum atomic E-state index is 13.5. The minimum atomic E-state index is -0.819. The summed E-state index contributed by atoms with van der Waals surface area (Å²) < 4.78 is 17.1.